The fraction of sp³-hybridized carbons (Fsp3) is 0.0556. The highest BCUT2D eigenvalue weighted by Crippen LogP contribution is 2.54. The molecule has 0 atom stereocenters. The van der Waals surface area contributed by atoms with E-state index in [1.54, 1.807) is 0 Å². The van der Waals surface area contributed by atoms with E-state index in [4.69, 9.17) is 4.98 Å². The van der Waals surface area contributed by atoms with Gasteiger partial charge in [0.15, 0.2) is 0 Å². The molecule has 0 unspecified atom stereocenters. The lowest BCUT2D eigenvalue weighted by atomic mass is 9.79. The van der Waals surface area contributed by atoms with Crippen LogP contribution in [-0.2, 0) is 5.41 Å². The Hall–Kier alpha value is -6.83. The molecular formula is C54H39N. The third-order valence-electron chi connectivity index (χ3n) is 11.4. The number of aromatic nitrogens is 1. The van der Waals surface area contributed by atoms with E-state index in [-0.39, 0.29) is 5.41 Å². The summed E-state index contributed by atoms with van der Waals surface area (Å²) in [6.45, 7) is 4.75. The Balaban J connectivity index is 1.11. The molecule has 0 amide bonds. The number of fused-ring (bicyclic) bond motifs is 5. The van der Waals surface area contributed by atoms with Crippen molar-refractivity contribution >= 4 is 10.8 Å². The molecular weight excluding hydrogens is 663 g/mol. The molecule has 1 aliphatic rings. The lowest BCUT2D eigenvalue weighted by molar-refractivity contribution is 0.666. The molecule has 0 bridgehead atoms. The van der Waals surface area contributed by atoms with Crippen LogP contribution in [0, 0.1) is 0 Å². The summed E-state index contributed by atoms with van der Waals surface area (Å²) >= 11 is 0. The summed E-state index contributed by atoms with van der Waals surface area (Å²) in [5.74, 6) is 0. The van der Waals surface area contributed by atoms with Crippen molar-refractivity contribution in [2.75, 3.05) is 0 Å². The summed E-state index contributed by atoms with van der Waals surface area (Å²) in [6.07, 6.45) is 0. The molecule has 1 aliphatic carbocycles. The molecule has 9 aromatic rings. The van der Waals surface area contributed by atoms with Crippen molar-refractivity contribution in [3.63, 3.8) is 0 Å². The minimum absolute atomic E-state index is 0.0963. The van der Waals surface area contributed by atoms with Gasteiger partial charge in [-0.05, 0) is 108 Å². The lowest BCUT2D eigenvalue weighted by Crippen LogP contribution is -2.15. The largest absolute Gasteiger partial charge is 0.248 e. The minimum atomic E-state index is -0.0963. The average Bonchev–Trinajstić information content (AvgIpc) is 3.50. The quantitative estimate of drug-likeness (QED) is 0.168. The SMILES string of the molecule is CC1(C)c2ccccc2-c2c(-c3ccc(-c4cc(-c5cccc(-c6ccccc6)c5)nc(-c5cccc(-c6ccccc6)c5)c4)cc3)cc3ccccc3c21. The van der Waals surface area contributed by atoms with Crippen LogP contribution in [-0.4, -0.2) is 4.98 Å². The summed E-state index contributed by atoms with van der Waals surface area (Å²) < 4.78 is 0. The summed E-state index contributed by atoms with van der Waals surface area (Å²) in [4.78, 5) is 5.34. The van der Waals surface area contributed by atoms with Crippen LogP contribution < -0.4 is 0 Å². The Kier molecular flexibility index (Phi) is 7.89. The fourth-order valence-electron chi connectivity index (χ4n) is 8.70. The van der Waals surface area contributed by atoms with Gasteiger partial charge in [0, 0.05) is 16.5 Å². The van der Waals surface area contributed by atoms with Crippen LogP contribution in [0.3, 0.4) is 0 Å². The van der Waals surface area contributed by atoms with Crippen LogP contribution in [0.4, 0.5) is 0 Å². The molecule has 1 aromatic heterocycles. The Bertz CT molecular complexity index is 2760. The van der Waals surface area contributed by atoms with E-state index in [1.165, 1.54) is 66.4 Å². The second-order valence-corrected chi connectivity index (χ2v) is 15.2. The van der Waals surface area contributed by atoms with E-state index >= 15 is 0 Å². The van der Waals surface area contributed by atoms with Crippen molar-refractivity contribution in [3.8, 4) is 78.1 Å². The number of rotatable bonds is 6. The minimum Gasteiger partial charge on any atom is -0.248 e. The van der Waals surface area contributed by atoms with Crippen LogP contribution in [0.5, 0.6) is 0 Å². The van der Waals surface area contributed by atoms with E-state index in [1.807, 2.05) is 0 Å². The molecule has 8 aromatic carbocycles. The lowest BCUT2D eigenvalue weighted by Gasteiger charge is -2.24. The average molecular weight is 702 g/mol. The molecule has 1 heteroatoms. The van der Waals surface area contributed by atoms with Crippen LogP contribution >= 0.6 is 0 Å². The molecule has 10 rings (SSSR count). The van der Waals surface area contributed by atoms with Gasteiger partial charge < -0.3 is 0 Å². The van der Waals surface area contributed by atoms with Gasteiger partial charge in [-0.1, -0.05) is 184 Å². The topological polar surface area (TPSA) is 12.9 Å². The maximum atomic E-state index is 5.34. The van der Waals surface area contributed by atoms with Gasteiger partial charge in [-0.25, -0.2) is 4.98 Å². The molecule has 0 saturated heterocycles. The van der Waals surface area contributed by atoms with Gasteiger partial charge in [-0.15, -0.1) is 0 Å². The highest BCUT2D eigenvalue weighted by atomic mass is 14.7. The van der Waals surface area contributed by atoms with Crippen LogP contribution in [0.25, 0.3) is 88.9 Å². The summed E-state index contributed by atoms with van der Waals surface area (Å²) in [5, 5.41) is 2.61. The molecule has 0 N–H and O–H groups in total. The molecule has 0 spiro atoms. The Morgan fingerprint density at radius 1 is 0.345 bits per heavy atom. The van der Waals surface area contributed by atoms with Crippen molar-refractivity contribution in [2.24, 2.45) is 0 Å². The maximum Gasteiger partial charge on any atom is 0.0715 e. The molecule has 55 heavy (non-hydrogen) atoms. The third kappa shape index (κ3) is 5.77. The number of pyridine rings is 1. The zero-order valence-corrected chi connectivity index (χ0v) is 31.0. The van der Waals surface area contributed by atoms with Crippen LogP contribution in [0.1, 0.15) is 25.0 Å². The van der Waals surface area contributed by atoms with Crippen molar-refractivity contribution in [2.45, 2.75) is 19.3 Å². The first kappa shape index (κ1) is 32.8. The second-order valence-electron chi connectivity index (χ2n) is 15.2. The van der Waals surface area contributed by atoms with Crippen molar-refractivity contribution in [1.82, 2.24) is 4.98 Å². The second kappa shape index (κ2) is 13.2. The number of benzene rings is 8. The first-order valence-electron chi connectivity index (χ1n) is 19.1. The summed E-state index contributed by atoms with van der Waals surface area (Å²) in [6, 6.07) is 72.5. The Morgan fingerprint density at radius 2 is 0.836 bits per heavy atom. The number of hydrogen-bond donors (Lipinski definition) is 0. The van der Waals surface area contributed by atoms with Gasteiger partial charge in [-0.2, -0.15) is 0 Å². The van der Waals surface area contributed by atoms with Gasteiger partial charge >= 0.3 is 0 Å². The van der Waals surface area contributed by atoms with Gasteiger partial charge in [-0.3, -0.25) is 0 Å². The number of hydrogen-bond acceptors (Lipinski definition) is 1. The molecule has 1 nitrogen and oxygen atoms in total. The van der Waals surface area contributed by atoms with Crippen molar-refractivity contribution < 1.29 is 0 Å². The van der Waals surface area contributed by atoms with E-state index in [0.29, 0.717) is 0 Å². The van der Waals surface area contributed by atoms with Gasteiger partial charge in [0.2, 0.25) is 0 Å². The van der Waals surface area contributed by atoms with E-state index in [2.05, 4.69) is 214 Å². The van der Waals surface area contributed by atoms with Gasteiger partial charge in [0.05, 0.1) is 11.4 Å². The Morgan fingerprint density at radius 3 is 1.47 bits per heavy atom. The van der Waals surface area contributed by atoms with Gasteiger partial charge in [0.1, 0.15) is 0 Å². The van der Waals surface area contributed by atoms with Crippen LogP contribution in [0.15, 0.2) is 200 Å². The molecule has 0 radical (unpaired) electrons. The summed E-state index contributed by atoms with van der Waals surface area (Å²) in [7, 11) is 0. The number of nitrogens with zero attached hydrogens (tertiary/aromatic N) is 1. The van der Waals surface area contributed by atoms with E-state index in [9.17, 15) is 0 Å². The normalized spacial score (nSPS) is 12.7. The first-order valence-corrected chi connectivity index (χ1v) is 19.1. The maximum absolute atomic E-state index is 5.34. The Labute approximate surface area is 323 Å². The third-order valence-corrected chi connectivity index (χ3v) is 11.4. The van der Waals surface area contributed by atoms with Gasteiger partial charge in [0.25, 0.3) is 0 Å². The van der Waals surface area contributed by atoms with Crippen LogP contribution in [0.2, 0.25) is 0 Å². The first-order chi connectivity index (χ1) is 27.0. The molecule has 0 aliphatic heterocycles. The predicted octanol–water partition coefficient (Wildman–Crippen LogP) is 14.5. The zero-order chi connectivity index (χ0) is 36.9. The fourth-order valence-corrected chi connectivity index (χ4v) is 8.70. The van der Waals surface area contributed by atoms with Crippen molar-refractivity contribution in [1.29, 1.82) is 0 Å². The van der Waals surface area contributed by atoms with Crippen molar-refractivity contribution in [3.05, 3.63) is 211 Å². The van der Waals surface area contributed by atoms with E-state index < -0.39 is 0 Å². The monoisotopic (exact) mass is 701 g/mol. The predicted molar refractivity (Wildman–Crippen MR) is 232 cm³/mol. The molecule has 1 heterocycles. The highest BCUT2D eigenvalue weighted by Gasteiger charge is 2.38. The zero-order valence-electron chi connectivity index (χ0n) is 31.0. The molecule has 260 valence electrons. The standard InChI is InChI=1S/C54H39N/c1-54(2)49-26-12-11-25-47(49)52-48(33-42-19-9-10-24-46(42)53(52)54)39-29-27-38(28-30-39)45-34-50(43-22-13-20-40(31-43)36-15-5-3-6-16-36)55-51(35-45)44-23-14-21-41(32-44)37-17-7-4-8-18-37/h3-35H,1-2H3. The highest BCUT2D eigenvalue weighted by molar-refractivity contribution is 6.04. The smallest absolute Gasteiger partial charge is 0.0715 e. The van der Waals surface area contributed by atoms with E-state index in [0.717, 1.165) is 33.6 Å². The molecule has 0 fully saturated rings. The summed E-state index contributed by atoms with van der Waals surface area (Å²) in [5.41, 5.74) is 19.0. The molecule has 0 saturated carbocycles.